The molecule has 4 amide bonds. The van der Waals surface area contributed by atoms with Crippen molar-refractivity contribution < 1.29 is 51.7 Å². The fourth-order valence-electron chi connectivity index (χ4n) is 7.90. The van der Waals surface area contributed by atoms with Gasteiger partial charge in [0, 0.05) is 62.1 Å². The number of amides is 4. The Labute approximate surface area is 421 Å². The molecule has 7 N–H and O–H groups in total. The molecule has 1 aliphatic rings. The molecule has 72 heavy (non-hydrogen) atoms. The first-order valence-electron chi connectivity index (χ1n) is 24.0. The Morgan fingerprint density at radius 1 is 0.819 bits per heavy atom. The fourth-order valence-corrected chi connectivity index (χ4v) is 8.75. The Balaban J connectivity index is 0.869. The van der Waals surface area contributed by atoms with Crippen LogP contribution in [0.3, 0.4) is 0 Å². The number of likely N-dealkylation sites (N-methyl/N-ethyl adjacent to an activating group) is 1. The highest BCUT2D eigenvalue weighted by Crippen LogP contribution is 2.35. The van der Waals surface area contributed by atoms with Gasteiger partial charge in [-0.25, -0.2) is 9.97 Å². The molecule has 0 radical (unpaired) electrons. The van der Waals surface area contributed by atoms with Gasteiger partial charge in [0.05, 0.1) is 44.3 Å². The van der Waals surface area contributed by atoms with E-state index in [2.05, 4.69) is 43.1 Å². The Kier molecular flexibility index (Phi) is 21.0. The molecule has 5 aromatic rings. The zero-order valence-electron chi connectivity index (χ0n) is 40.7. The van der Waals surface area contributed by atoms with E-state index in [9.17, 15) is 37.5 Å². The van der Waals surface area contributed by atoms with Crippen molar-refractivity contribution in [2.24, 2.45) is 11.7 Å². The number of ether oxygens (including phenoxy) is 3. The smallest absolute Gasteiger partial charge is 0.382 e. The van der Waals surface area contributed by atoms with Crippen LogP contribution in [0.5, 0.6) is 0 Å². The predicted molar refractivity (Wildman–Crippen MR) is 269 cm³/mol. The van der Waals surface area contributed by atoms with Crippen molar-refractivity contribution in [3.63, 3.8) is 0 Å². The Hall–Kier alpha value is -5.91. The number of pyridine rings is 1. The van der Waals surface area contributed by atoms with Crippen LogP contribution in [0.2, 0.25) is 0 Å². The highest BCUT2D eigenvalue weighted by atomic mass is 32.1. The Morgan fingerprint density at radius 2 is 1.53 bits per heavy atom. The number of aliphatic hydroxyl groups excluding tert-OH is 1. The van der Waals surface area contributed by atoms with Crippen molar-refractivity contribution in [2.45, 2.75) is 64.5 Å². The monoisotopic (exact) mass is 1020 g/mol. The average molecular weight is 1020 g/mol. The van der Waals surface area contributed by atoms with E-state index in [0.717, 1.165) is 42.6 Å². The van der Waals surface area contributed by atoms with Gasteiger partial charge in [0.25, 0.3) is 17.7 Å². The van der Waals surface area contributed by atoms with Crippen molar-refractivity contribution in [1.82, 2.24) is 30.4 Å². The van der Waals surface area contributed by atoms with Crippen LogP contribution in [0, 0.1) is 5.92 Å². The molecule has 3 unspecified atom stereocenters. The lowest BCUT2D eigenvalue weighted by Gasteiger charge is -2.34. The summed E-state index contributed by atoms with van der Waals surface area (Å²) >= 11 is 1.15. The lowest BCUT2D eigenvalue weighted by atomic mass is 10.00. The highest BCUT2D eigenvalue weighted by Gasteiger charge is 2.35. The van der Waals surface area contributed by atoms with Gasteiger partial charge in [-0.2, -0.15) is 13.2 Å². The second kappa shape index (κ2) is 27.2. The first-order chi connectivity index (χ1) is 34.6. The topological polar surface area (TPSA) is 223 Å². The van der Waals surface area contributed by atoms with Gasteiger partial charge in [-0.15, -0.1) is 0 Å². The summed E-state index contributed by atoms with van der Waals surface area (Å²) in [4.78, 5) is 65.6. The van der Waals surface area contributed by atoms with Crippen LogP contribution >= 0.6 is 11.3 Å². The highest BCUT2D eigenvalue weighted by molar-refractivity contribution is 7.22. The maximum atomic E-state index is 14.2. The van der Waals surface area contributed by atoms with Crippen LogP contribution < -0.4 is 27.0 Å². The number of rotatable bonds is 26. The minimum Gasteiger partial charge on any atom is -0.382 e. The van der Waals surface area contributed by atoms with E-state index < -0.39 is 53.6 Å². The van der Waals surface area contributed by atoms with Gasteiger partial charge in [0.2, 0.25) is 5.91 Å². The maximum Gasteiger partial charge on any atom is 0.416 e. The molecular formula is C51H64F3N9O8S. The number of anilines is 2. The number of piperazine rings is 1. The van der Waals surface area contributed by atoms with E-state index in [0.29, 0.717) is 52.7 Å². The SMILES string of the molecule is CCN1CCN(Cc2ccc(NC(=O)c3cccc(-c4ccc5nc(NC(=O)COCCOCCOCCNC(=O)C(CC(C)C)NC(=O)C(O)C(N)Cc6ccccc6)sc5n4)c3)cc2C(F)(F)F)CC1. The molecule has 6 rings (SSSR count). The summed E-state index contributed by atoms with van der Waals surface area (Å²) in [6, 6.07) is 21.5. The first-order valence-corrected chi connectivity index (χ1v) is 24.8. The normalized spacial score (nSPS) is 14.7. The number of nitrogens with zero attached hydrogens (tertiary/aromatic N) is 4. The van der Waals surface area contributed by atoms with Gasteiger partial charge in [0.1, 0.15) is 29.1 Å². The number of thiazole rings is 1. The van der Waals surface area contributed by atoms with Gasteiger partial charge in [0.15, 0.2) is 5.13 Å². The molecule has 17 nitrogen and oxygen atoms in total. The number of aromatic nitrogens is 2. The van der Waals surface area contributed by atoms with Crippen molar-refractivity contribution in [1.29, 1.82) is 0 Å². The fraction of sp³-hybridized carbons (Fsp3) is 0.451. The minimum absolute atomic E-state index is 0.0344. The van der Waals surface area contributed by atoms with Crippen molar-refractivity contribution >= 4 is 56.1 Å². The predicted octanol–water partition coefficient (Wildman–Crippen LogP) is 5.33. The number of hydrogen-bond donors (Lipinski definition) is 6. The van der Waals surface area contributed by atoms with Crippen LogP contribution in [0.4, 0.5) is 24.0 Å². The summed E-state index contributed by atoms with van der Waals surface area (Å²) in [5, 5.41) is 21.6. The van der Waals surface area contributed by atoms with E-state index >= 15 is 0 Å². The Morgan fingerprint density at radius 3 is 2.24 bits per heavy atom. The molecule has 21 heteroatoms. The molecule has 3 heterocycles. The summed E-state index contributed by atoms with van der Waals surface area (Å²) < 4.78 is 59.2. The summed E-state index contributed by atoms with van der Waals surface area (Å²) in [6.07, 6.45) is -5.43. The van der Waals surface area contributed by atoms with Crippen molar-refractivity contribution in [2.75, 3.05) is 89.5 Å². The molecule has 3 atom stereocenters. The summed E-state index contributed by atoms with van der Waals surface area (Å²) in [5.74, 6) is -2.03. The molecule has 2 aromatic heterocycles. The van der Waals surface area contributed by atoms with E-state index in [1.165, 1.54) is 12.1 Å². The van der Waals surface area contributed by atoms with E-state index in [4.69, 9.17) is 19.9 Å². The van der Waals surface area contributed by atoms with Crippen LogP contribution in [0.25, 0.3) is 21.6 Å². The third-order valence-electron chi connectivity index (χ3n) is 11.8. The molecular weight excluding hydrogens is 956 g/mol. The standard InChI is InChI=1S/C51H64F3N9O8S/c1-4-62-18-20-63(21-19-62)31-37-13-14-38(30-39(37)51(52,53)54)57-46(66)36-12-8-11-35(29-36)41-15-16-42-49(59-41)72-50(60-42)61-44(64)32-71-26-25-70-24-23-69-22-17-56-47(67)43(27-33(2)3)58-48(68)45(65)40(55)28-34-9-6-5-7-10-34/h5-16,29-30,33,40,43,45,65H,4,17-28,31-32,55H2,1-3H3,(H,56,67)(H,57,66)(H,58,68)(H,60,61,64). The number of nitrogens with one attached hydrogen (secondary N) is 4. The third kappa shape index (κ3) is 17.1. The zero-order chi connectivity index (χ0) is 51.6. The lowest BCUT2D eigenvalue weighted by Crippen LogP contribution is -2.54. The quantitative estimate of drug-likeness (QED) is 0.0386. The number of nitrogens with two attached hydrogens (primary N) is 1. The molecule has 0 saturated carbocycles. The number of halogens is 3. The van der Waals surface area contributed by atoms with Crippen molar-refractivity contribution in [3.05, 3.63) is 107 Å². The zero-order valence-corrected chi connectivity index (χ0v) is 41.5. The van der Waals surface area contributed by atoms with E-state index in [1.807, 2.05) is 49.1 Å². The van der Waals surface area contributed by atoms with Gasteiger partial charge < -0.3 is 45.9 Å². The van der Waals surface area contributed by atoms with E-state index in [1.54, 1.807) is 36.4 Å². The van der Waals surface area contributed by atoms with Crippen molar-refractivity contribution in [3.8, 4) is 11.3 Å². The molecule has 0 aliphatic carbocycles. The van der Waals surface area contributed by atoms with Crippen LogP contribution in [0.1, 0.15) is 54.2 Å². The number of carbonyl (C=O) groups excluding carboxylic acids is 4. The first kappa shape index (κ1) is 55.4. The van der Waals surface area contributed by atoms with E-state index in [-0.39, 0.29) is 75.5 Å². The maximum absolute atomic E-state index is 14.2. The number of hydrogen-bond acceptors (Lipinski definition) is 14. The molecule has 0 bridgehead atoms. The summed E-state index contributed by atoms with van der Waals surface area (Å²) in [6.45, 7) is 10.9. The van der Waals surface area contributed by atoms with Gasteiger partial charge in [-0.05, 0) is 72.8 Å². The number of aliphatic hydroxyl groups is 1. The van der Waals surface area contributed by atoms with Crippen LogP contribution in [-0.2, 0) is 47.7 Å². The summed E-state index contributed by atoms with van der Waals surface area (Å²) in [7, 11) is 0. The lowest BCUT2D eigenvalue weighted by molar-refractivity contribution is -0.138. The van der Waals surface area contributed by atoms with Crippen LogP contribution in [0.15, 0.2) is 84.9 Å². The van der Waals surface area contributed by atoms with Gasteiger partial charge in [-0.1, -0.05) is 80.6 Å². The number of carbonyl (C=O) groups is 4. The largest absolute Gasteiger partial charge is 0.416 e. The average Bonchev–Trinajstić information content (AvgIpc) is 3.77. The molecule has 0 spiro atoms. The molecule has 388 valence electrons. The molecule has 1 aliphatic heterocycles. The van der Waals surface area contributed by atoms with Crippen LogP contribution in [-0.4, -0.2) is 146 Å². The number of benzene rings is 3. The second-order valence-corrected chi connectivity index (χ2v) is 18.7. The van der Waals surface area contributed by atoms with Gasteiger partial charge in [-0.3, -0.25) is 29.4 Å². The van der Waals surface area contributed by atoms with Gasteiger partial charge >= 0.3 is 6.18 Å². The minimum atomic E-state index is -4.60. The Bertz CT molecular complexity index is 2560. The number of fused-ring (bicyclic) bond motifs is 1. The molecule has 1 fully saturated rings. The molecule has 1 saturated heterocycles. The third-order valence-corrected chi connectivity index (χ3v) is 12.6. The summed E-state index contributed by atoms with van der Waals surface area (Å²) in [5.41, 5.74) is 8.28. The molecule has 3 aromatic carbocycles. The second-order valence-electron chi connectivity index (χ2n) is 17.8. The number of alkyl halides is 3.